The fraction of sp³-hybridized carbons (Fsp3) is 0.533. The van der Waals surface area contributed by atoms with Gasteiger partial charge in [0, 0.05) is 23.6 Å². The number of aryl methyl sites for hydroxylation is 1. The zero-order valence-corrected chi connectivity index (χ0v) is 13.3. The highest BCUT2D eigenvalue weighted by Gasteiger charge is 2.35. The van der Waals surface area contributed by atoms with Gasteiger partial charge in [-0.15, -0.1) is 0 Å². The zero-order chi connectivity index (χ0) is 14.2. The van der Waals surface area contributed by atoms with E-state index in [0.29, 0.717) is 6.54 Å². The van der Waals surface area contributed by atoms with Gasteiger partial charge in [-0.2, -0.15) is 0 Å². The van der Waals surface area contributed by atoms with Crippen LogP contribution in [0.2, 0.25) is 0 Å². The van der Waals surface area contributed by atoms with Crippen LogP contribution in [0.5, 0.6) is 0 Å². The quantitative estimate of drug-likeness (QED) is 0.863. The summed E-state index contributed by atoms with van der Waals surface area (Å²) in [4.78, 5) is 14.5. The van der Waals surface area contributed by atoms with Gasteiger partial charge < -0.3 is 10.6 Å². The van der Waals surface area contributed by atoms with E-state index in [9.17, 15) is 4.79 Å². The summed E-state index contributed by atoms with van der Waals surface area (Å²) in [6.07, 6.45) is 0.863. The van der Waals surface area contributed by atoms with Crippen molar-refractivity contribution in [1.29, 1.82) is 0 Å². The minimum Gasteiger partial charge on any atom is -0.338 e. The van der Waals surface area contributed by atoms with Crippen molar-refractivity contribution in [1.82, 2.24) is 4.90 Å². The molecule has 104 valence electrons. The lowest BCUT2D eigenvalue weighted by molar-refractivity contribution is 0.0532. The van der Waals surface area contributed by atoms with Crippen LogP contribution < -0.4 is 5.73 Å². The number of carbonyl (C=O) groups excluding carboxylic acids is 1. The van der Waals surface area contributed by atoms with E-state index >= 15 is 0 Å². The normalized spacial score (nSPS) is 22.4. The van der Waals surface area contributed by atoms with Crippen LogP contribution in [-0.2, 0) is 0 Å². The summed E-state index contributed by atoms with van der Waals surface area (Å²) in [6.45, 7) is 7.72. The molecule has 0 radical (unpaired) electrons. The van der Waals surface area contributed by atoms with E-state index in [1.165, 1.54) is 0 Å². The van der Waals surface area contributed by atoms with Gasteiger partial charge in [0.25, 0.3) is 5.91 Å². The van der Waals surface area contributed by atoms with E-state index in [4.69, 9.17) is 5.73 Å². The maximum Gasteiger partial charge on any atom is 0.255 e. The average Bonchev–Trinajstić information content (AvgIpc) is 2.32. The molecule has 3 nitrogen and oxygen atoms in total. The molecule has 0 saturated carbocycles. The Labute approximate surface area is 123 Å². The van der Waals surface area contributed by atoms with Crippen molar-refractivity contribution in [3.05, 3.63) is 33.8 Å². The maximum absolute atomic E-state index is 12.6. The van der Waals surface area contributed by atoms with E-state index in [1.807, 2.05) is 30.0 Å². The smallest absolute Gasteiger partial charge is 0.255 e. The summed E-state index contributed by atoms with van der Waals surface area (Å²) in [5.41, 5.74) is 7.97. The van der Waals surface area contributed by atoms with E-state index in [-0.39, 0.29) is 17.4 Å². The first kappa shape index (κ1) is 14.5. The van der Waals surface area contributed by atoms with Crippen LogP contribution in [0.1, 0.15) is 36.2 Å². The summed E-state index contributed by atoms with van der Waals surface area (Å²) < 4.78 is 0.866. The van der Waals surface area contributed by atoms with Gasteiger partial charge in [-0.05, 0) is 52.4 Å². The Bertz CT molecular complexity index is 499. The van der Waals surface area contributed by atoms with Crippen LogP contribution in [0.3, 0.4) is 0 Å². The van der Waals surface area contributed by atoms with Gasteiger partial charge >= 0.3 is 0 Å². The van der Waals surface area contributed by atoms with Crippen molar-refractivity contribution in [3.63, 3.8) is 0 Å². The molecule has 0 aliphatic carbocycles. The molecule has 1 aromatic carbocycles. The van der Waals surface area contributed by atoms with Crippen molar-refractivity contribution in [2.24, 2.45) is 11.1 Å². The standard InChI is InChI=1S/C15H21BrN2O/c1-10-4-5-11(12(16)8-10)14(19)18-7-6-13(17)15(2,3)9-18/h4-5,8,13H,6-7,9,17H2,1-3H3. The van der Waals surface area contributed by atoms with Crippen molar-refractivity contribution in [2.75, 3.05) is 13.1 Å². The fourth-order valence-electron chi connectivity index (χ4n) is 2.51. The average molecular weight is 325 g/mol. The molecule has 1 unspecified atom stereocenters. The number of halogens is 1. The number of hydrogen-bond donors (Lipinski definition) is 1. The summed E-state index contributed by atoms with van der Waals surface area (Å²) in [5.74, 6) is 0.0897. The first-order chi connectivity index (χ1) is 8.81. The molecular formula is C15H21BrN2O. The van der Waals surface area contributed by atoms with Crippen LogP contribution in [0.25, 0.3) is 0 Å². The molecule has 1 aliphatic heterocycles. The second kappa shape index (κ2) is 5.25. The molecule has 1 aromatic rings. The lowest BCUT2D eigenvalue weighted by Gasteiger charge is -2.42. The highest BCUT2D eigenvalue weighted by Crippen LogP contribution is 2.29. The Morgan fingerprint density at radius 2 is 2.16 bits per heavy atom. The van der Waals surface area contributed by atoms with Crippen molar-refractivity contribution >= 4 is 21.8 Å². The Morgan fingerprint density at radius 1 is 1.47 bits per heavy atom. The van der Waals surface area contributed by atoms with E-state index in [0.717, 1.165) is 28.6 Å². The van der Waals surface area contributed by atoms with E-state index in [2.05, 4.69) is 29.8 Å². The number of piperidine rings is 1. The zero-order valence-electron chi connectivity index (χ0n) is 11.7. The number of hydrogen-bond acceptors (Lipinski definition) is 2. The van der Waals surface area contributed by atoms with Crippen LogP contribution in [0.15, 0.2) is 22.7 Å². The number of carbonyl (C=O) groups is 1. The molecule has 19 heavy (non-hydrogen) atoms. The van der Waals surface area contributed by atoms with Gasteiger partial charge in [-0.1, -0.05) is 19.9 Å². The molecule has 1 aliphatic rings. The van der Waals surface area contributed by atoms with Gasteiger partial charge in [-0.3, -0.25) is 4.79 Å². The van der Waals surface area contributed by atoms with Crippen molar-refractivity contribution in [2.45, 2.75) is 33.2 Å². The maximum atomic E-state index is 12.6. The third-order valence-electron chi connectivity index (χ3n) is 3.95. The van der Waals surface area contributed by atoms with Gasteiger partial charge in [0.2, 0.25) is 0 Å². The predicted octanol–water partition coefficient (Wildman–Crippen LogP) is 2.96. The molecule has 2 N–H and O–H groups in total. The molecule has 0 bridgehead atoms. The van der Waals surface area contributed by atoms with Gasteiger partial charge in [0.05, 0.1) is 5.56 Å². The van der Waals surface area contributed by atoms with E-state index in [1.54, 1.807) is 0 Å². The summed E-state index contributed by atoms with van der Waals surface area (Å²) in [5, 5.41) is 0. The number of nitrogens with zero attached hydrogens (tertiary/aromatic N) is 1. The van der Waals surface area contributed by atoms with Crippen molar-refractivity contribution in [3.8, 4) is 0 Å². The molecule has 1 saturated heterocycles. The van der Waals surface area contributed by atoms with Crippen LogP contribution in [-0.4, -0.2) is 29.9 Å². The first-order valence-electron chi connectivity index (χ1n) is 6.62. The second-order valence-electron chi connectivity index (χ2n) is 6.09. The number of amides is 1. The Morgan fingerprint density at radius 3 is 2.74 bits per heavy atom. The molecule has 4 heteroatoms. The number of benzene rings is 1. The summed E-state index contributed by atoms with van der Waals surface area (Å²) in [6, 6.07) is 6.01. The molecular weight excluding hydrogens is 304 g/mol. The number of rotatable bonds is 1. The first-order valence-corrected chi connectivity index (χ1v) is 7.41. The SMILES string of the molecule is Cc1ccc(C(=O)N2CCC(N)C(C)(C)C2)c(Br)c1. The number of likely N-dealkylation sites (tertiary alicyclic amines) is 1. The molecule has 1 amide bonds. The third-order valence-corrected chi connectivity index (χ3v) is 4.61. The third kappa shape index (κ3) is 3.00. The molecule has 1 fully saturated rings. The number of nitrogens with two attached hydrogens (primary N) is 1. The van der Waals surface area contributed by atoms with Crippen LogP contribution in [0, 0.1) is 12.3 Å². The minimum atomic E-state index is -0.0227. The van der Waals surface area contributed by atoms with Gasteiger partial charge in [0.15, 0.2) is 0 Å². The Balaban J connectivity index is 2.21. The largest absolute Gasteiger partial charge is 0.338 e. The van der Waals surface area contributed by atoms with Gasteiger partial charge in [0.1, 0.15) is 0 Å². The fourth-order valence-corrected chi connectivity index (χ4v) is 3.17. The van der Waals surface area contributed by atoms with Gasteiger partial charge in [-0.25, -0.2) is 0 Å². The highest BCUT2D eigenvalue weighted by molar-refractivity contribution is 9.10. The minimum absolute atomic E-state index is 0.0227. The monoisotopic (exact) mass is 324 g/mol. The Hall–Kier alpha value is -0.870. The molecule has 2 rings (SSSR count). The van der Waals surface area contributed by atoms with Crippen LogP contribution >= 0.6 is 15.9 Å². The summed E-state index contributed by atoms with van der Waals surface area (Å²) in [7, 11) is 0. The topological polar surface area (TPSA) is 46.3 Å². The Kier molecular flexibility index (Phi) is 4.02. The lowest BCUT2D eigenvalue weighted by atomic mass is 9.79. The highest BCUT2D eigenvalue weighted by atomic mass is 79.9. The lowest BCUT2D eigenvalue weighted by Crippen LogP contribution is -2.54. The predicted molar refractivity (Wildman–Crippen MR) is 81.2 cm³/mol. The molecule has 0 spiro atoms. The molecule has 1 heterocycles. The second-order valence-corrected chi connectivity index (χ2v) is 6.95. The molecule has 0 aromatic heterocycles. The molecule has 1 atom stereocenters. The van der Waals surface area contributed by atoms with E-state index < -0.39 is 0 Å². The van der Waals surface area contributed by atoms with Crippen molar-refractivity contribution < 1.29 is 4.79 Å². The van der Waals surface area contributed by atoms with Crippen LogP contribution in [0.4, 0.5) is 0 Å². The summed E-state index contributed by atoms with van der Waals surface area (Å²) >= 11 is 3.48.